The van der Waals surface area contributed by atoms with Crippen LogP contribution in [0.1, 0.15) is 34.3 Å². The number of nitrogens with one attached hydrogen (secondary N) is 1. The maximum atomic E-state index is 12.9. The smallest absolute Gasteiger partial charge is 0.253 e. The van der Waals surface area contributed by atoms with E-state index in [-0.39, 0.29) is 5.91 Å². The molecule has 1 atom stereocenters. The van der Waals surface area contributed by atoms with Crippen LogP contribution in [0.15, 0.2) is 54.7 Å². The van der Waals surface area contributed by atoms with Gasteiger partial charge >= 0.3 is 0 Å². The molecular formula is C25H31N3O. The Morgan fingerprint density at radius 3 is 2.93 bits per heavy atom. The largest absolute Gasteiger partial charge is 0.361 e. The van der Waals surface area contributed by atoms with Crippen LogP contribution in [0.3, 0.4) is 0 Å². The van der Waals surface area contributed by atoms with Crippen LogP contribution < -0.4 is 0 Å². The molecule has 4 nitrogen and oxygen atoms in total. The van der Waals surface area contributed by atoms with Crippen LogP contribution in [0, 0.1) is 12.8 Å². The molecule has 2 aromatic carbocycles. The summed E-state index contributed by atoms with van der Waals surface area (Å²) >= 11 is 0. The minimum atomic E-state index is 0.110. The third-order valence-electron chi connectivity index (χ3n) is 6.24. The van der Waals surface area contributed by atoms with Gasteiger partial charge in [-0.1, -0.05) is 30.3 Å². The molecule has 1 N–H and O–H groups in total. The summed E-state index contributed by atoms with van der Waals surface area (Å²) < 4.78 is 0. The fourth-order valence-electron chi connectivity index (χ4n) is 4.54. The Balaban J connectivity index is 1.32. The maximum Gasteiger partial charge on any atom is 0.253 e. The monoisotopic (exact) mass is 389 g/mol. The second-order valence-corrected chi connectivity index (χ2v) is 8.45. The minimum absolute atomic E-state index is 0.110. The van der Waals surface area contributed by atoms with E-state index in [0.29, 0.717) is 5.92 Å². The molecule has 1 aliphatic heterocycles. The lowest BCUT2D eigenvalue weighted by atomic mass is 9.96. The number of hydrogen-bond donors (Lipinski definition) is 1. The van der Waals surface area contributed by atoms with Gasteiger partial charge in [0.15, 0.2) is 0 Å². The van der Waals surface area contributed by atoms with Gasteiger partial charge in [-0.25, -0.2) is 0 Å². The van der Waals surface area contributed by atoms with E-state index in [1.807, 2.05) is 42.4 Å². The number of carbonyl (C=O) groups excluding carboxylic acids is 1. The zero-order valence-electron chi connectivity index (χ0n) is 17.5. The molecule has 1 fully saturated rings. The van der Waals surface area contributed by atoms with Crippen molar-refractivity contribution in [3.63, 3.8) is 0 Å². The van der Waals surface area contributed by atoms with Crippen molar-refractivity contribution in [1.29, 1.82) is 0 Å². The maximum absolute atomic E-state index is 12.9. The van der Waals surface area contributed by atoms with E-state index in [0.717, 1.165) is 42.5 Å². The summed E-state index contributed by atoms with van der Waals surface area (Å²) in [6.45, 7) is 6.37. The fourth-order valence-corrected chi connectivity index (χ4v) is 4.54. The summed E-state index contributed by atoms with van der Waals surface area (Å²) in [5.41, 5.74) is 4.60. The van der Waals surface area contributed by atoms with Crippen molar-refractivity contribution in [2.75, 3.05) is 33.2 Å². The number of rotatable bonds is 6. The summed E-state index contributed by atoms with van der Waals surface area (Å²) in [6, 6.07) is 16.6. The molecule has 2 heterocycles. The molecule has 0 aliphatic carbocycles. The highest BCUT2D eigenvalue weighted by atomic mass is 16.2. The summed E-state index contributed by atoms with van der Waals surface area (Å²) in [6.07, 6.45) is 5.43. The van der Waals surface area contributed by atoms with Crippen molar-refractivity contribution in [2.45, 2.75) is 26.2 Å². The third kappa shape index (κ3) is 4.70. The Hall–Kier alpha value is -2.59. The number of benzene rings is 2. The van der Waals surface area contributed by atoms with Gasteiger partial charge in [-0.3, -0.25) is 4.79 Å². The number of aryl methyl sites for hydroxylation is 1. The van der Waals surface area contributed by atoms with Crippen LogP contribution in [-0.2, 0) is 6.42 Å². The summed E-state index contributed by atoms with van der Waals surface area (Å²) in [7, 11) is 1.94. The summed E-state index contributed by atoms with van der Waals surface area (Å²) in [5.74, 6) is 0.655. The number of hydrogen-bond acceptors (Lipinski definition) is 2. The first-order chi connectivity index (χ1) is 14.1. The Labute approximate surface area is 173 Å². The van der Waals surface area contributed by atoms with E-state index in [4.69, 9.17) is 0 Å². The predicted molar refractivity (Wildman–Crippen MR) is 119 cm³/mol. The van der Waals surface area contributed by atoms with E-state index in [9.17, 15) is 4.79 Å². The molecule has 0 spiro atoms. The van der Waals surface area contributed by atoms with Crippen LogP contribution in [0.4, 0.5) is 0 Å². The molecule has 4 rings (SSSR count). The number of aromatic amines is 1. The van der Waals surface area contributed by atoms with E-state index in [2.05, 4.69) is 41.1 Å². The second-order valence-electron chi connectivity index (χ2n) is 8.45. The zero-order valence-corrected chi connectivity index (χ0v) is 17.5. The number of fused-ring (bicyclic) bond motifs is 1. The van der Waals surface area contributed by atoms with Gasteiger partial charge in [-0.15, -0.1) is 0 Å². The number of piperidine rings is 1. The van der Waals surface area contributed by atoms with Crippen LogP contribution in [0.25, 0.3) is 10.9 Å². The van der Waals surface area contributed by atoms with Crippen molar-refractivity contribution >= 4 is 16.8 Å². The van der Waals surface area contributed by atoms with Gasteiger partial charge in [-0.2, -0.15) is 0 Å². The van der Waals surface area contributed by atoms with Gasteiger partial charge in [-0.05, 0) is 73.4 Å². The van der Waals surface area contributed by atoms with Crippen LogP contribution in [0.5, 0.6) is 0 Å². The first-order valence-electron chi connectivity index (χ1n) is 10.7. The van der Waals surface area contributed by atoms with Crippen LogP contribution in [-0.4, -0.2) is 53.9 Å². The number of aromatic nitrogens is 1. The normalized spacial score (nSPS) is 17.5. The van der Waals surface area contributed by atoms with Crippen molar-refractivity contribution in [1.82, 2.24) is 14.8 Å². The topological polar surface area (TPSA) is 39.3 Å². The lowest BCUT2D eigenvalue weighted by Gasteiger charge is -2.35. The average Bonchev–Trinajstić information content (AvgIpc) is 3.21. The number of nitrogens with zero attached hydrogens (tertiary/aromatic N) is 2. The number of likely N-dealkylation sites (tertiary alicyclic amines) is 1. The Morgan fingerprint density at radius 1 is 1.21 bits per heavy atom. The number of H-pyrrole nitrogens is 1. The second kappa shape index (κ2) is 8.83. The Morgan fingerprint density at radius 2 is 2.07 bits per heavy atom. The minimum Gasteiger partial charge on any atom is -0.361 e. The highest BCUT2D eigenvalue weighted by Crippen LogP contribution is 2.20. The van der Waals surface area contributed by atoms with Gasteiger partial charge < -0.3 is 14.8 Å². The molecular weight excluding hydrogens is 358 g/mol. The fraction of sp³-hybridized carbons (Fsp3) is 0.400. The Bertz CT molecular complexity index is 977. The quantitative estimate of drug-likeness (QED) is 0.674. The Kier molecular flexibility index (Phi) is 6.00. The summed E-state index contributed by atoms with van der Waals surface area (Å²) in [4.78, 5) is 20.6. The highest BCUT2D eigenvalue weighted by molar-refractivity contribution is 5.97. The van der Waals surface area contributed by atoms with E-state index in [1.165, 1.54) is 30.5 Å². The van der Waals surface area contributed by atoms with Gasteiger partial charge in [0.1, 0.15) is 0 Å². The summed E-state index contributed by atoms with van der Waals surface area (Å²) in [5, 5.41) is 1.14. The van der Waals surface area contributed by atoms with Gasteiger partial charge in [0.05, 0.1) is 0 Å². The van der Waals surface area contributed by atoms with Crippen molar-refractivity contribution in [3.05, 3.63) is 71.4 Å². The van der Waals surface area contributed by atoms with Gasteiger partial charge in [0.2, 0.25) is 0 Å². The van der Waals surface area contributed by atoms with Crippen molar-refractivity contribution in [2.24, 2.45) is 5.92 Å². The zero-order chi connectivity index (χ0) is 20.2. The molecule has 1 aromatic heterocycles. The van der Waals surface area contributed by atoms with Gasteiger partial charge in [0, 0.05) is 44.0 Å². The lowest BCUT2D eigenvalue weighted by Crippen LogP contribution is -2.42. The SMILES string of the molecule is Cc1ccccc1CCN1CCCC(CN(C)C(=O)c2ccc3cc[nH]c3c2)C1. The van der Waals surface area contributed by atoms with E-state index >= 15 is 0 Å². The predicted octanol–water partition coefficient (Wildman–Crippen LogP) is 4.50. The number of carbonyl (C=O) groups is 1. The van der Waals surface area contributed by atoms with Crippen LogP contribution >= 0.6 is 0 Å². The first kappa shape index (κ1) is 19.7. The third-order valence-corrected chi connectivity index (χ3v) is 6.24. The molecule has 29 heavy (non-hydrogen) atoms. The van der Waals surface area contributed by atoms with E-state index < -0.39 is 0 Å². The molecule has 1 unspecified atom stereocenters. The highest BCUT2D eigenvalue weighted by Gasteiger charge is 2.23. The molecule has 3 aromatic rings. The van der Waals surface area contributed by atoms with Crippen molar-refractivity contribution < 1.29 is 4.79 Å². The molecule has 1 saturated heterocycles. The van der Waals surface area contributed by atoms with Crippen molar-refractivity contribution in [3.8, 4) is 0 Å². The molecule has 0 radical (unpaired) electrons. The number of amides is 1. The molecule has 152 valence electrons. The standard InChI is InChI=1S/C25H31N3O/c1-19-6-3-4-8-21(19)12-15-28-14-5-7-20(18-28)17-27(2)25(29)23-10-9-22-11-13-26-24(22)16-23/h3-4,6,8-11,13,16,20,26H,5,7,12,14-15,17-18H2,1-2H3. The molecule has 0 saturated carbocycles. The molecule has 0 bridgehead atoms. The lowest BCUT2D eigenvalue weighted by molar-refractivity contribution is 0.0730. The molecule has 1 aliphatic rings. The van der Waals surface area contributed by atoms with E-state index in [1.54, 1.807) is 0 Å². The van der Waals surface area contributed by atoms with Crippen LogP contribution in [0.2, 0.25) is 0 Å². The average molecular weight is 390 g/mol. The molecule has 1 amide bonds. The first-order valence-corrected chi connectivity index (χ1v) is 10.7. The molecule has 4 heteroatoms. The van der Waals surface area contributed by atoms with Gasteiger partial charge in [0.25, 0.3) is 5.91 Å².